The number of nitrogens with one attached hydrogen (secondary N) is 1. The number of halogens is 1. The smallest absolute Gasteiger partial charge is 0.256 e. The van der Waals surface area contributed by atoms with Gasteiger partial charge in [-0.2, -0.15) is 0 Å². The van der Waals surface area contributed by atoms with Crippen LogP contribution in [0.15, 0.2) is 42.6 Å². The lowest BCUT2D eigenvalue weighted by molar-refractivity contribution is 0.102. The van der Waals surface area contributed by atoms with Crippen LogP contribution in [0.1, 0.15) is 10.4 Å². The van der Waals surface area contributed by atoms with Crippen molar-refractivity contribution in [2.75, 3.05) is 5.32 Å². The number of aromatic nitrogens is 1. The van der Waals surface area contributed by atoms with Gasteiger partial charge in [0.2, 0.25) is 0 Å². The van der Waals surface area contributed by atoms with Crippen molar-refractivity contribution in [3.8, 4) is 5.75 Å². The summed E-state index contributed by atoms with van der Waals surface area (Å²) < 4.78 is 12.6. The van der Waals surface area contributed by atoms with Crippen LogP contribution in [0.5, 0.6) is 5.75 Å². The minimum atomic E-state index is -0.465. The average molecular weight is 232 g/mol. The van der Waals surface area contributed by atoms with Crippen LogP contribution in [0.3, 0.4) is 0 Å². The van der Waals surface area contributed by atoms with Crippen molar-refractivity contribution in [3.63, 3.8) is 0 Å². The summed E-state index contributed by atoms with van der Waals surface area (Å²) in [5.41, 5.74) is 0.383. The third-order valence-corrected chi connectivity index (χ3v) is 2.10. The predicted octanol–water partition coefficient (Wildman–Crippen LogP) is 2.18. The summed E-state index contributed by atoms with van der Waals surface area (Å²) in [6.07, 6.45) is 1.02. The highest BCUT2D eigenvalue weighted by atomic mass is 19.1. The van der Waals surface area contributed by atoms with Crippen molar-refractivity contribution in [2.45, 2.75) is 0 Å². The van der Waals surface area contributed by atoms with Gasteiger partial charge in [-0.25, -0.2) is 9.37 Å². The summed E-state index contributed by atoms with van der Waals surface area (Å²) >= 11 is 0. The molecule has 17 heavy (non-hydrogen) atoms. The highest BCUT2D eigenvalue weighted by Gasteiger charge is 2.06. The van der Waals surface area contributed by atoms with Crippen molar-refractivity contribution in [1.29, 1.82) is 0 Å². The summed E-state index contributed by atoms with van der Waals surface area (Å²) in [6, 6.07) is 8.36. The number of hydrogen-bond acceptors (Lipinski definition) is 3. The molecule has 86 valence electrons. The minimum Gasteiger partial charge on any atom is -0.508 e. The highest BCUT2D eigenvalue weighted by Crippen LogP contribution is 2.11. The van der Waals surface area contributed by atoms with Gasteiger partial charge in [0.15, 0.2) is 0 Å². The van der Waals surface area contributed by atoms with Gasteiger partial charge in [0.25, 0.3) is 5.91 Å². The summed E-state index contributed by atoms with van der Waals surface area (Å²) in [7, 11) is 0. The number of carbonyl (C=O) groups is 1. The second-order valence-electron chi connectivity index (χ2n) is 3.36. The van der Waals surface area contributed by atoms with Crippen LogP contribution < -0.4 is 5.32 Å². The fourth-order valence-corrected chi connectivity index (χ4v) is 1.25. The van der Waals surface area contributed by atoms with Gasteiger partial charge < -0.3 is 10.4 Å². The maximum atomic E-state index is 12.6. The van der Waals surface area contributed by atoms with Crippen LogP contribution in [0.2, 0.25) is 0 Å². The Balaban J connectivity index is 2.11. The first-order chi connectivity index (χ1) is 8.15. The number of phenols is 1. The van der Waals surface area contributed by atoms with Crippen LogP contribution in [-0.4, -0.2) is 16.0 Å². The molecule has 2 rings (SSSR count). The molecule has 0 aliphatic rings. The Kier molecular flexibility index (Phi) is 3.00. The van der Waals surface area contributed by atoms with Gasteiger partial charge in [-0.05, 0) is 36.4 Å². The summed E-state index contributed by atoms with van der Waals surface area (Å²) in [5.74, 6) is -0.484. The van der Waals surface area contributed by atoms with Crippen molar-refractivity contribution in [3.05, 3.63) is 54.0 Å². The average Bonchev–Trinajstić information content (AvgIpc) is 2.33. The molecule has 0 saturated heterocycles. The molecule has 0 bridgehead atoms. The zero-order valence-electron chi connectivity index (χ0n) is 8.72. The van der Waals surface area contributed by atoms with E-state index in [1.165, 1.54) is 36.4 Å². The van der Waals surface area contributed by atoms with Crippen molar-refractivity contribution >= 4 is 11.7 Å². The van der Waals surface area contributed by atoms with Crippen molar-refractivity contribution in [2.24, 2.45) is 0 Å². The molecule has 0 radical (unpaired) electrons. The van der Waals surface area contributed by atoms with E-state index in [0.717, 1.165) is 6.20 Å². The van der Waals surface area contributed by atoms with Gasteiger partial charge in [-0.15, -0.1) is 0 Å². The number of rotatable bonds is 2. The van der Waals surface area contributed by atoms with E-state index >= 15 is 0 Å². The number of carbonyl (C=O) groups excluding carboxylic acids is 1. The molecule has 0 aliphatic carbocycles. The monoisotopic (exact) mass is 232 g/mol. The molecule has 1 amide bonds. The molecule has 1 aromatic heterocycles. The molecule has 1 aromatic carbocycles. The Morgan fingerprint density at radius 3 is 2.47 bits per heavy atom. The summed E-state index contributed by atoms with van der Waals surface area (Å²) in [4.78, 5) is 15.4. The fraction of sp³-hybridized carbons (Fsp3) is 0. The fourth-order valence-electron chi connectivity index (χ4n) is 1.25. The molecule has 0 saturated carbocycles. The second-order valence-corrected chi connectivity index (χ2v) is 3.36. The number of anilines is 1. The second kappa shape index (κ2) is 4.61. The molecular formula is C12H9FN2O2. The number of phenolic OH excluding ortho intramolecular Hbond substituents is 1. The lowest BCUT2D eigenvalue weighted by Gasteiger charge is -2.04. The number of pyridine rings is 1. The SMILES string of the molecule is O=C(Nc1ccc(F)cn1)c1ccc(O)cc1. The minimum absolute atomic E-state index is 0.0847. The molecule has 0 aliphatic heterocycles. The number of nitrogens with zero attached hydrogens (tertiary/aromatic N) is 1. The van der Waals surface area contributed by atoms with E-state index in [-0.39, 0.29) is 17.5 Å². The topological polar surface area (TPSA) is 62.2 Å². The van der Waals surface area contributed by atoms with Crippen LogP contribution in [0.4, 0.5) is 10.2 Å². The Morgan fingerprint density at radius 2 is 1.88 bits per heavy atom. The number of benzene rings is 1. The normalized spacial score (nSPS) is 9.94. The molecule has 1 heterocycles. The molecule has 0 atom stereocenters. The van der Waals surface area contributed by atoms with Crippen molar-refractivity contribution in [1.82, 2.24) is 4.98 Å². The largest absolute Gasteiger partial charge is 0.508 e. The first-order valence-corrected chi connectivity index (χ1v) is 4.87. The summed E-state index contributed by atoms with van der Waals surface area (Å²) in [5, 5.41) is 11.6. The van der Waals surface area contributed by atoms with Gasteiger partial charge >= 0.3 is 0 Å². The standard InChI is InChI=1S/C12H9FN2O2/c13-9-3-6-11(14-7-9)15-12(17)8-1-4-10(16)5-2-8/h1-7,16H,(H,14,15,17). The van der Waals surface area contributed by atoms with Gasteiger partial charge in [-0.3, -0.25) is 4.79 Å². The number of aromatic hydroxyl groups is 1. The van der Waals surface area contributed by atoms with Crippen molar-refractivity contribution < 1.29 is 14.3 Å². The maximum Gasteiger partial charge on any atom is 0.256 e. The maximum absolute atomic E-state index is 12.6. The molecule has 0 fully saturated rings. The van der Waals surface area contributed by atoms with Crippen LogP contribution in [0, 0.1) is 5.82 Å². The van der Waals surface area contributed by atoms with Crippen LogP contribution in [-0.2, 0) is 0 Å². The van der Waals surface area contributed by atoms with E-state index in [9.17, 15) is 9.18 Å². The van der Waals surface area contributed by atoms with E-state index in [1.54, 1.807) is 0 Å². The predicted molar refractivity (Wildman–Crippen MR) is 60.3 cm³/mol. The lowest BCUT2D eigenvalue weighted by Crippen LogP contribution is -2.12. The van der Waals surface area contributed by atoms with Gasteiger partial charge in [-0.1, -0.05) is 0 Å². The number of hydrogen-bond donors (Lipinski definition) is 2. The molecule has 5 heteroatoms. The molecule has 0 unspecified atom stereocenters. The van der Waals surface area contributed by atoms with Gasteiger partial charge in [0, 0.05) is 5.56 Å². The molecular weight excluding hydrogens is 223 g/mol. The number of amides is 1. The van der Waals surface area contributed by atoms with E-state index in [4.69, 9.17) is 5.11 Å². The van der Waals surface area contributed by atoms with Crippen LogP contribution in [0.25, 0.3) is 0 Å². The Bertz CT molecular complexity index is 523. The summed E-state index contributed by atoms with van der Waals surface area (Å²) in [6.45, 7) is 0. The Hall–Kier alpha value is -2.43. The molecule has 2 N–H and O–H groups in total. The first-order valence-electron chi connectivity index (χ1n) is 4.87. The Labute approximate surface area is 96.7 Å². The third-order valence-electron chi connectivity index (χ3n) is 2.10. The molecule has 2 aromatic rings. The molecule has 0 spiro atoms. The lowest BCUT2D eigenvalue weighted by atomic mass is 10.2. The van der Waals surface area contributed by atoms with E-state index in [2.05, 4.69) is 10.3 Å². The van der Waals surface area contributed by atoms with E-state index in [0.29, 0.717) is 5.56 Å². The first kappa shape index (κ1) is 11.1. The quantitative estimate of drug-likeness (QED) is 0.834. The van der Waals surface area contributed by atoms with Gasteiger partial charge in [0.1, 0.15) is 17.4 Å². The molecule has 4 nitrogen and oxygen atoms in total. The zero-order valence-corrected chi connectivity index (χ0v) is 8.72. The Morgan fingerprint density at radius 1 is 1.18 bits per heavy atom. The zero-order chi connectivity index (χ0) is 12.3. The highest BCUT2D eigenvalue weighted by molar-refractivity contribution is 6.03. The van der Waals surface area contributed by atoms with Gasteiger partial charge in [0.05, 0.1) is 6.20 Å². The van der Waals surface area contributed by atoms with E-state index < -0.39 is 5.82 Å². The van der Waals surface area contributed by atoms with E-state index in [1.807, 2.05) is 0 Å². The third kappa shape index (κ3) is 2.78. The van der Waals surface area contributed by atoms with Crippen LogP contribution >= 0.6 is 0 Å².